The van der Waals surface area contributed by atoms with E-state index in [4.69, 9.17) is 0 Å². The SMILES string of the molecule is O=C(c1cc(F)cc(-c2ncc(F)cn2)c1)N(C/C=C/c1ccccc1)CCO. The van der Waals surface area contributed by atoms with Gasteiger partial charge in [-0.15, -0.1) is 0 Å². The molecule has 0 aliphatic heterocycles. The highest BCUT2D eigenvalue weighted by molar-refractivity contribution is 5.95. The number of rotatable bonds is 7. The summed E-state index contributed by atoms with van der Waals surface area (Å²) in [4.78, 5) is 21.9. The highest BCUT2D eigenvalue weighted by Gasteiger charge is 2.17. The molecule has 7 heteroatoms. The van der Waals surface area contributed by atoms with Gasteiger partial charge in [-0.05, 0) is 23.8 Å². The summed E-state index contributed by atoms with van der Waals surface area (Å²) in [5.41, 5.74) is 1.33. The molecule has 0 atom stereocenters. The molecule has 1 amide bonds. The first kappa shape index (κ1) is 20.3. The summed E-state index contributed by atoms with van der Waals surface area (Å²) in [6, 6.07) is 13.3. The number of benzene rings is 2. The van der Waals surface area contributed by atoms with Crippen molar-refractivity contribution in [1.82, 2.24) is 14.9 Å². The average Bonchev–Trinajstić information content (AvgIpc) is 2.73. The van der Waals surface area contributed by atoms with Gasteiger partial charge in [-0.1, -0.05) is 42.5 Å². The molecule has 1 aromatic heterocycles. The van der Waals surface area contributed by atoms with Crippen LogP contribution in [-0.2, 0) is 0 Å². The third-order valence-corrected chi connectivity index (χ3v) is 4.12. The molecule has 2 aromatic carbocycles. The number of aliphatic hydroxyl groups excluding tert-OH is 1. The predicted octanol–water partition coefficient (Wildman–Crippen LogP) is 3.57. The molecular weight excluding hydrogens is 376 g/mol. The summed E-state index contributed by atoms with van der Waals surface area (Å²) in [7, 11) is 0. The summed E-state index contributed by atoms with van der Waals surface area (Å²) in [5, 5.41) is 9.31. The van der Waals surface area contributed by atoms with Crippen LogP contribution in [0.25, 0.3) is 17.5 Å². The van der Waals surface area contributed by atoms with E-state index in [0.717, 1.165) is 24.0 Å². The third-order valence-electron chi connectivity index (χ3n) is 4.12. The minimum atomic E-state index is -0.637. The van der Waals surface area contributed by atoms with Gasteiger partial charge in [0.25, 0.3) is 5.91 Å². The minimum absolute atomic E-state index is 0.0921. The van der Waals surface area contributed by atoms with Crippen molar-refractivity contribution in [3.63, 3.8) is 0 Å². The minimum Gasteiger partial charge on any atom is -0.395 e. The van der Waals surface area contributed by atoms with Crippen molar-refractivity contribution in [1.29, 1.82) is 0 Å². The maximum atomic E-state index is 14.1. The quantitative estimate of drug-likeness (QED) is 0.664. The van der Waals surface area contributed by atoms with Crippen molar-refractivity contribution in [2.24, 2.45) is 0 Å². The maximum absolute atomic E-state index is 14.1. The maximum Gasteiger partial charge on any atom is 0.254 e. The standard InChI is InChI=1S/C22H19F2N3O2/c23-19-12-17(21-25-14-20(24)15-26-21)11-18(13-19)22(29)27(9-10-28)8-4-7-16-5-2-1-3-6-16/h1-7,11-15,28H,8-10H2/b7-4+. The summed E-state index contributed by atoms with van der Waals surface area (Å²) in [6.07, 6.45) is 5.61. The Morgan fingerprint density at radius 2 is 1.76 bits per heavy atom. The molecular formula is C22H19F2N3O2. The molecule has 1 N–H and O–H groups in total. The van der Waals surface area contributed by atoms with Crippen molar-refractivity contribution in [3.05, 3.63) is 89.8 Å². The highest BCUT2D eigenvalue weighted by Crippen LogP contribution is 2.20. The van der Waals surface area contributed by atoms with Gasteiger partial charge in [-0.25, -0.2) is 18.7 Å². The second-order valence-corrected chi connectivity index (χ2v) is 6.24. The summed E-state index contributed by atoms with van der Waals surface area (Å²) < 4.78 is 27.1. The molecule has 0 aliphatic carbocycles. The lowest BCUT2D eigenvalue weighted by Gasteiger charge is -2.20. The van der Waals surface area contributed by atoms with Gasteiger partial charge >= 0.3 is 0 Å². The number of halogens is 2. The van der Waals surface area contributed by atoms with Gasteiger partial charge < -0.3 is 10.0 Å². The van der Waals surface area contributed by atoms with Gasteiger partial charge in [0.05, 0.1) is 19.0 Å². The van der Waals surface area contributed by atoms with E-state index in [1.54, 1.807) is 6.08 Å². The Kier molecular flexibility index (Phi) is 6.76. The number of hydrogen-bond acceptors (Lipinski definition) is 4. The van der Waals surface area contributed by atoms with Crippen LogP contribution in [0.4, 0.5) is 8.78 Å². The van der Waals surface area contributed by atoms with Crippen LogP contribution in [0.5, 0.6) is 0 Å². The van der Waals surface area contributed by atoms with Crippen molar-refractivity contribution < 1.29 is 18.7 Å². The fraction of sp³-hybridized carbons (Fsp3) is 0.136. The monoisotopic (exact) mass is 395 g/mol. The van der Waals surface area contributed by atoms with E-state index in [0.29, 0.717) is 0 Å². The molecule has 5 nitrogen and oxygen atoms in total. The van der Waals surface area contributed by atoms with Gasteiger partial charge in [0, 0.05) is 24.2 Å². The van der Waals surface area contributed by atoms with Gasteiger partial charge in [-0.2, -0.15) is 0 Å². The Balaban J connectivity index is 1.82. The smallest absolute Gasteiger partial charge is 0.254 e. The molecule has 3 rings (SSSR count). The van der Waals surface area contributed by atoms with Crippen LogP contribution in [0, 0.1) is 11.6 Å². The zero-order chi connectivity index (χ0) is 20.6. The van der Waals surface area contributed by atoms with Gasteiger partial charge in [-0.3, -0.25) is 4.79 Å². The first-order valence-corrected chi connectivity index (χ1v) is 8.97. The Labute approximate surface area is 167 Å². The van der Waals surface area contributed by atoms with Crippen LogP contribution < -0.4 is 0 Å². The normalized spacial score (nSPS) is 11.0. The first-order chi connectivity index (χ1) is 14.1. The zero-order valence-electron chi connectivity index (χ0n) is 15.5. The number of aromatic nitrogens is 2. The zero-order valence-corrected chi connectivity index (χ0v) is 15.5. The Bertz CT molecular complexity index is 993. The highest BCUT2D eigenvalue weighted by atomic mass is 19.1. The van der Waals surface area contributed by atoms with E-state index in [9.17, 15) is 18.7 Å². The fourth-order valence-corrected chi connectivity index (χ4v) is 2.76. The molecule has 3 aromatic rings. The van der Waals surface area contributed by atoms with Crippen molar-refractivity contribution in [2.45, 2.75) is 0 Å². The number of hydrogen-bond donors (Lipinski definition) is 1. The molecule has 0 bridgehead atoms. The van der Waals surface area contributed by atoms with E-state index in [1.807, 2.05) is 36.4 Å². The lowest BCUT2D eigenvalue weighted by molar-refractivity contribution is 0.0742. The number of carbonyl (C=O) groups excluding carboxylic acids is 1. The van der Waals surface area contributed by atoms with E-state index < -0.39 is 17.5 Å². The molecule has 1 heterocycles. The van der Waals surface area contributed by atoms with Crippen LogP contribution in [-0.4, -0.2) is 45.6 Å². The Hall–Kier alpha value is -3.45. The topological polar surface area (TPSA) is 66.3 Å². The Morgan fingerprint density at radius 3 is 2.45 bits per heavy atom. The molecule has 0 spiro atoms. The second-order valence-electron chi connectivity index (χ2n) is 6.24. The molecule has 148 valence electrons. The number of carbonyl (C=O) groups is 1. The summed E-state index contributed by atoms with van der Waals surface area (Å²) in [6.45, 7) is 0.109. The van der Waals surface area contributed by atoms with E-state index in [1.165, 1.54) is 17.0 Å². The van der Waals surface area contributed by atoms with Gasteiger partial charge in [0.15, 0.2) is 11.6 Å². The summed E-state index contributed by atoms with van der Waals surface area (Å²) in [5.74, 6) is -1.58. The average molecular weight is 395 g/mol. The molecule has 0 fully saturated rings. The van der Waals surface area contributed by atoms with Crippen LogP contribution in [0.15, 0.2) is 67.0 Å². The predicted molar refractivity (Wildman–Crippen MR) is 106 cm³/mol. The van der Waals surface area contributed by atoms with Crippen molar-refractivity contribution in [2.75, 3.05) is 19.7 Å². The molecule has 29 heavy (non-hydrogen) atoms. The second kappa shape index (κ2) is 9.66. The number of amides is 1. The molecule has 0 saturated heterocycles. The van der Waals surface area contributed by atoms with E-state index in [-0.39, 0.29) is 36.6 Å². The fourth-order valence-electron chi connectivity index (χ4n) is 2.76. The molecule has 0 unspecified atom stereocenters. The first-order valence-electron chi connectivity index (χ1n) is 8.97. The van der Waals surface area contributed by atoms with Crippen LogP contribution in [0.2, 0.25) is 0 Å². The van der Waals surface area contributed by atoms with Gasteiger partial charge in [0.1, 0.15) is 5.82 Å². The van der Waals surface area contributed by atoms with Crippen LogP contribution in [0.3, 0.4) is 0 Å². The van der Waals surface area contributed by atoms with Crippen molar-refractivity contribution in [3.8, 4) is 11.4 Å². The van der Waals surface area contributed by atoms with Crippen LogP contribution in [0.1, 0.15) is 15.9 Å². The molecule has 0 radical (unpaired) electrons. The van der Waals surface area contributed by atoms with E-state index in [2.05, 4.69) is 9.97 Å². The van der Waals surface area contributed by atoms with Crippen molar-refractivity contribution >= 4 is 12.0 Å². The number of aliphatic hydroxyl groups is 1. The third kappa shape index (κ3) is 5.52. The molecule has 0 saturated carbocycles. The largest absolute Gasteiger partial charge is 0.395 e. The summed E-state index contributed by atoms with van der Waals surface area (Å²) >= 11 is 0. The van der Waals surface area contributed by atoms with Crippen LogP contribution >= 0.6 is 0 Å². The van der Waals surface area contributed by atoms with E-state index >= 15 is 0 Å². The number of nitrogens with zero attached hydrogens (tertiary/aromatic N) is 3. The van der Waals surface area contributed by atoms with Gasteiger partial charge in [0.2, 0.25) is 0 Å². The lowest BCUT2D eigenvalue weighted by atomic mass is 10.1. The lowest BCUT2D eigenvalue weighted by Crippen LogP contribution is -2.33. The molecule has 0 aliphatic rings. The Morgan fingerprint density at radius 1 is 1.03 bits per heavy atom.